The van der Waals surface area contributed by atoms with Crippen LogP contribution in [0.3, 0.4) is 0 Å². The molecule has 1 aliphatic carbocycles. The number of hydrogen-bond donors (Lipinski definition) is 2. The van der Waals surface area contributed by atoms with Crippen LogP contribution in [0.1, 0.15) is 36.0 Å². The summed E-state index contributed by atoms with van der Waals surface area (Å²) in [5, 5.41) is 5.74. The molecule has 2 N–H and O–H groups in total. The molecule has 2 aliphatic rings. The zero-order valence-electron chi connectivity index (χ0n) is 15.6. The van der Waals surface area contributed by atoms with Gasteiger partial charge in [0.1, 0.15) is 12.4 Å². The SMILES string of the molecule is O=C(Nc1cccc(OCC2CCCO2)c1)c1cccc(NC(=O)C2CC2)c1. The van der Waals surface area contributed by atoms with Gasteiger partial charge in [-0.25, -0.2) is 0 Å². The Balaban J connectivity index is 1.36. The second-order valence-corrected chi connectivity index (χ2v) is 7.27. The maximum Gasteiger partial charge on any atom is 0.255 e. The summed E-state index contributed by atoms with van der Waals surface area (Å²) in [6.45, 7) is 1.31. The highest BCUT2D eigenvalue weighted by molar-refractivity contribution is 6.05. The molecule has 0 spiro atoms. The Morgan fingerprint density at radius 2 is 1.79 bits per heavy atom. The van der Waals surface area contributed by atoms with Gasteiger partial charge in [0, 0.05) is 35.5 Å². The third kappa shape index (κ3) is 4.89. The Morgan fingerprint density at radius 1 is 1.00 bits per heavy atom. The number of amides is 2. The molecule has 4 rings (SSSR count). The van der Waals surface area contributed by atoms with Crippen LogP contribution < -0.4 is 15.4 Å². The molecule has 146 valence electrons. The summed E-state index contributed by atoms with van der Waals surface area (Å²) in [5.74, 6) is 0.598. The van der Waals surface area contributed by atoms with Crippen molar-refractivity contribution in [1.82, 2.24) is 0 Å². The minimum Gasteiger partial charge on any atom is -0.491 e. The van der Waals surface area contributed by atoms with Crippen LogP contribution in [0.15, 0.2) is 48.5 Å². The van der Waals surface area contributed by atoms with Crippen molar-refractivity contribution in [2.24, 2.45) is 5.92 Å². The third-order valence-corrected chi connectivity index (χ3v) is 4.89. The Hall–Kier alpha value is -2.86. The van der Waals surface area contributed by atoms with Gasteiger partial charge in [0.15, 0.2) is 0 Å². The van der Waals surface area contributed by atoms with Crippen LogP contribution >= 0.6 is 0 Å². The van der Waals surface area contributed by atoms with Gasteiger partial charge in [-0.3, -0.25) is 9.59 Å². The molecule has 2 amide bonds. The molecule has 2 fully saturated rings. The van der Waals surface area contributed by atoms with Gasteiger partial charge < -0.3 is 20.1 Å². The average Bonchev–Trinajstić information content (AvgIpc) is 3.43. The van der Waals surface area contributed by atoms with Crippen molar-refractivity contribution in [3.05, 3.63) is 54.1 Å². The van der Waals surface area contributed by atoms with Crippen molar-refractivity contribution in [3.63, 3.8) is 0 Å². The van der Waals surface area contributed by atoms with Gasteiger partial charge in [-0.15, -0.1) is 0 Å². The molecule has 6 nitrogen and oxygen atoms in total. The fourth-order valence-corrected chi connectivity index (χ4v) is 3.16. The van der Waals surface area contributed by atoms with Crippen molar-refractivity contribution in [2.45, 2.75) is 31.8 Å². The predicted molar refractivity (Wildman–Crippen MR) is 107 cm³/mol. The Bertz CT molecular complexity index is 857. The normalized spacial score (nSPS) is 18.5. The zero-order valence-corrected chi connectivity index (χ0v) is 15.6. The minimum atomic E-state index is -0.237. The predicted octanol–water partition coefficient (Wildman–Crippen LogP) is 3.85. The van der Waals surface area contributed by atoms with Gasteiger partial charge in [0.05, 0.1) is 6.10 Å². The quantitative estimate of drug-likeness (QED) is 0.765. The van der Waals surface area contributed by atoms with Crippen molar-refractivity contribution in [2.75, 3.05) is 23.8 Å². The molecule has 1 atom stereocenters. The smallest absolute Gasteiger partial charge is 0.255 e. The molecule has 0 aromatic heterocycles. The van der Waals surface area contributed by atoms with Crippen LogP contribution in [-0.2, 0) is 9.53 Å². The van der Waals surface area contributed by atoms with E-state index in [4.69, 9.17) is 9.47 Å². The number of benzene rings is 2. The number of hydrogen-bond acceptors (Lipinski definition) is 4. The number of ether oxygens (including phenoxy) is 2. The highest BCUT2D eigenvalue weighted by Crippen LogP contribution is 2.30. The first-order valence-corrected chi connectivity index (χ1v) is 9.74. The van der Waals surface area contributed by atoms with E-state index < -0.39 is 0 Å². The van der Waals surface area contributed by atoms with Crippen LogP contribution in [0.25, 0.3) is 0 Å². The average molecular weight is 380 g/mol. The van der Waals surface area contributed by atoms with E-state index in [1.165, 1.54) is 0 Å². The van der Waals surface area contributed by atoms with Gasteiger partial charge in [0.25, 0.3) is 5.91 Å². The van der Waals surface area contributed by atoms with Crippen LogP contribution in [0, 0.1) is 5.92 Å². The zero-order chi connectivity index (χ0) is 19.3. The first-order chi connectivity index (χ1) is 13.7. The summed E-state index contributed by atoms with van der Waals surface area (Å²) in [7, 11) is 0. The Kier molecular flexibility index (Phi) is 5.58. The van der Waals surface area contributed by atoms with Gasteiger partial charge in [-0.1, -0.05) is 12.1 Å². The van der Waals surface area contributed by atoms with E-state index in [1.807, 2.05) is 18.2 Å². The number of rotatable bonds is 7. The molecular formula is C22H24N2O4. The molecule has 1 saturated carbocycles. The largest absolute Gasteiger partial charge is 0.491 e. The summed E-state index contributed by atoms with van der Waals surface area (Å²) >= 11 is 0. The monoisotopic (exact) mass is 380 g/mol. The summed E-state index contributed by atoms with van der Waals surface area (Å²) in [6.07, 6.45) is 4.12. The first-order valence-electron chi connectivity index (χ1n) is 9.74. The summed E-state index contributed by atoms with van der Waals surface area (Å²) in [5.41, 5.74) is 1.78. The lowest BCUT2D eigenvalue weighted by molar-refractivity contribution is -0.117. The van der Waals surface area contributed by atoms with E-state index in [0.29, 0.717) is 29.3 Å². The number of carbonyl (C=O) groups excluding carboxylic acids is 2. The Labute approximate surface area is 164 Å². The number of anilines is 2. The van der Waals surface area contributed by atoms with Crippen molar-refractivity contribution in [3.8, 4) is 5.75 Å². The standard InChI is InChI=1S/C22H24N2O4/c25-21(15-9-10-15)23-17-5-1-4-16(12-17)22(26)24-18-6-2-7-19(13-18)28-14-20-8-3-11-27-20/h1-2,4-7,12-13,15,20H,3,8-11,14H2,(H,23,25)(H,24,26). The van der Waals surface area contributed by atoms with Crippen molar-refractivity contribution >= 4 is 23.2 Å². The summed E-state index contributed by atoms with van der Waals surface area (Å²) in [6, 6.07) is 14.3. The van der Waals surface area contributed by atoms with Gasteiger partial charge in [-0.05, 0) is 56.0 Å². The number of nitrogens with one attached hydrogen (secondary N) is 2. The molecule has 1 aliphatic heterocycles. The van der Waals surface area contributed by atoms with E-state index >= 15 is 0 Å². The summed E-state index contributed by atoms with van der Waals surface area (Å²) in [4.78, 5) is 24.5. The van der Waals surface area contributed by atoms with Gasteiger partial charge in [0.2, 0.25) is 5.91 Å². The Morgan fingerprint density at radius 3 is 2.54 bits per heavy atom. The maximum atomic E-state index is 12.6. The lowest BCUT2D eigenvalue weighted by atomic mass is 10.1. The fraction of sp³-hybridized carbons (Fsp3) is 0.364. The van der Waals surface area contributed by atoms with Gasteiger partial charge in [-0.2, -0.15) is 0 Å². The topological polar surface area (TPSA) is 76.7 Å². The van der Waals surface area contributed by atoms with Gasteiger partial charge >= 0.3 is 0 Å². The van der Waals surface area contributed by atoms with Crippen LogP contribution in [0.4, 0.5) is 11.4 Å². The van der Waals surface area contributed by atoms with Crippen LogP contribution in [0.2, 0.25) is 0 Å². The highest BCUT2D eigenvalue weighted by Gasteiger charge is 2.29. The molecular weight excluding hydrogens is 356 g/mol. The molecule has 28 heavy (non-hydrogen) atoms. The molecule has 2 aromatic carbocycles. The second kappa shape index (κ2) is 8.44. The second-order valence-electron chi connectivity index (χ2n) is 7.27. The molecule has 1 heterocycles. The summed E-state index contributed by atoms with van der Waals surface area (Å²) < 4.78 is 11.3. The molecule has 1 saturated heterocycles. The van der Waals surface area contributed by atoms with E-state index in [0.717, 1.165) is 32.3 Å². The van der Waals surface area contributed by atoms with Crippen molar-refractivity contribution < 1.29 is 19.1 Å². The van der Waals surface area contributed by atoms with Crippen LogP contribution in [0.5, 0.6) is 5.75 Å². The molecule has 0 bridgehead atoms. The molecule has 2 aromatic rings. The molecule has 6 heteroatoms. The fourth-order valence-electron chi connectivity index (χ4n) is 3.16. The lowest BCUT2D eigenvalue weighted by Gasteiger charge is -2.13. The lowest BCUT2D eigenvalue weighted by Crippen LogP contribution is -2.17. The van der Waals surface area contributed by atoms with E-state index in [-0.39, 0.29) is 23.8 Å². The van der Waals surface area contributed by atoms with E-state index in [9.17, 15) is 9.59 Å². The first kappa shape index (κ1) is 18.5. The minimum absolute atomic E-state index is 0.0219. The van der Waals surface area contributed by atoms with E-state index in [1.54, 1.807) is 30.3 Å². The number of carbonyl (C=O) groups is 2. The molecule has 1 unspecified atom stereocenters. The third-order valence-electron chi connectivity index (χ3n) is 4.89. The van der Waals surface area contributed by atoms with Crippen LogP contribution in [-0.4, -0.2) is 31.1 Å². The molecule has 0 radical (unpaired) electrons. The van der Waals surface area contributed by atoms with Crippen molar-refractivity contribution in [1.29, 1.82) is 0 Å². The van der Waals surface area contributed by atoms with E-state index in [2.05, 4.69) is 10.6 Å². The highest BCUT2D eigenvalue weighted by atomic mass is 16.5. The maximum absolute atomic E-state index is 12.6.